The fraction of sp³-hybridized carbons (Fsp3) is 0.278. The quantitative estimate of drug-likeness (QED) is 0.793. The van der Waals surface area contributed by atoms with Crippen LogP contribution in [0.3, 0.4) is 0 Å². The van der Waals surface area contributed by atoms with E-state index in [0.29, 0.717) is 41.1 Å². The summed E-state index contributed by atoms with van der Waals surface area (Å²) in [5, 5.41) is 6.58. The zero-order valence-corrected chi connectivity index (χ0v) is 16.5. The van der Waals surface area contributed by atoms with Crippen molar-refractivity contribution in [1.82, 2.24) is 19.5 Å². The molecular weight excluding hydrogens is 382 g/mol. The molecule has 0 spiro atoms. The molecule has 1 aliphatic rings. The Morgan fingerprint density at radius 1 is 1.18 bits per heavy atom. The van der Waals surface area contributed by atoms with Crippen LogP contribution in [-0.4, -0.2) is 35.8 Å². The van der Waals surface area contributed by atoms with Crippen LogP contribution in [0, 0.1) is 0 Å². The number of pyridine rings is 1. The van der Waals surface area contributed by atoms with Crippen molar-refractivity contribution in [1.29, 1.82) is 0 Å². The minimum atomic E-state index is -4.17. The van der Waals surface area contributed by atoms with Gasteiger partial charge in [-0.1, -0.05) is 13.2 Å². The molecule has 148 valence electrons. The standard InChI is InChI=1S/C18H21N5O4S/c1-11(2)13-8-19-9-14(12(3)4)16(13)21-18(24)22-28(25,26)15-10-20-23-6-5-7-27-17(15)23/h8-10H,1,3,5-7H2,2,4H3,(H2,19,21,22,24). The SMILES string of the molecule is C=C(C)c1cncc(C(=C)C)c1NC(=O)NS(=O)(=O)c1cnn2c1OCCC2. The molecule has 28 heavy (non-hydrogen) atoms. The molecule has 0 aliphatic carbocycles. The number of sulfonamides is 1. The Hall–Kier alpha value is -3.14. The van der Waals surface area contributed by atoms with E-state index in [0.717, 1.165) is 6.42 Å². The third-order valence-corrected chi connectivity index (χ3v) is 5.45. The molecular formula is C18H21N5O4S. The number of aromatic nitrogens is 3. The van der Waals surface area contributed by atoms with Crippen LogP contribution in [0.1, 0.15) is 31.4 Å². The predicted octanol–water partition coefficient (Wildman–Crippen LogP) is 2.64. The number of aryl methyl sites for hydroxylation is 1. The molecule has 2 aromatic heterocycles. The minimum Gasteiger partial charge on any atom is -0.477 e. The van der Waals surface area contributed by atoms with Crippen molar-refractivity contribution in [3.05, 3.63) is 42.9 Å². The molecule has 2 amide bonds. The zero-order valence-electron chi connectivity index (χ0n) is 15.7. The number of fused-ring (bicyclic) bond motifs is 1. The smallest absolute Gasteiger partial charge is 0.333 e. The van der Waals surface area contributed by atoms with E-state index in [1.165, 1.54) is 10.9 Å². The van der Waals surface area contributed by atoms with E-state index < -0.39 is 16.1 Å². The van der Waals surface area contributed by atoms with Crippen molar-refractivity contribution in [3.8, 4) is 5.88 Å². The summed E-state index contributed by atoms with van der Waals surface area (Å²) in [5.74, 6) is 0.126. The van der Waals surface area contributed by atoms with Gasteiger partial charge in [0.15, 0.2) is 4.90 Å². The van der Waals surface area contributed by atoms with Gasteiger partial charge in [-0.15, -0.1) is 0 Å². The summed E-state index contributed by atoms with van der Waals surface area (Å²) in [7, 11) is -4.17. The lowest BCUT2D eigenvalue weighted by Crippen LogP contribution is -2.35. The summed E-state index contributed by atoms with van der Waals surface area (Å²) in [6.07, 6.45) is 4.99. The average Bonchev–Trinajstić information content (AvgIpc) is 3.06. The summed E-state index contributed by atoms with van der Waals surface area (Å²) in [4.78, 5) is 16.4. The fourth-order valence-electron chi connectivity index (χ4n) is 2.79. The number of amides is 2. The molecule has 0 atom stereocenters. The minimum absolute atomic E-state index is 0.126. The summed E-state index contributed by atoms with van der Waals surface area (Å²) >= 11 is 0. The van der Waals surface area contributed by atoms with E-state index >= 15 is 0 Å². The van der Waals surface area contributed by atoms with Crippen molar-refractivity contribution in [2.24, 2.45) is 0 Å². The van der Waals surface area contributed by atoms with Crippen molar-refractivity contribution in [2.75, 3.05) is 11.9 Å². The predicted molar refractivity (Wildman–Crippen MR) is 105 cm³/mol. The van der Waals surface area contributed by atoms with Crippen LogP contribution in [0.15, 0.2) is 36.6 Å². The van der Waals surface area contributed by atoms with Gasteiger partial charge in [-0.2, -0.15) is 5.10 Å². The van der Waals surface area contributed by atoms with Gasteiger partial charge >= 0.3 is 6.03 Å². The van der Waals surface area contributed by atoms with Crippen LogP contribution in [0.4, 0.5) is 10.5 Å². The van der Waals surface area contributed by atoms with Gasteiger partial charge in [0.1, 0.15) is 0 Å². The molecule has 0 saturated carbocycles. The Morgan fingerprint density at radius 2 is 1.82 bits per heavy atom. The van der Waals surface area contributed by atoms with E-state index in [1.54, 1.807) is 26.2 Å². The van der Waals surface area contributed by atoms with Gasteiger partial charge in [0, 0.05) is 36.5 Å². The van der Waals surface area contributed by atoms with Gasteiger partial charge in [-0.25, -0.2) is 22.6 Å². The first-order valence-corrected chi connectivity index (χ1v) is 10.0. The second kappa shape index (κ2) is 7.47. The third-order valence-electron chi connectivity index (χ3n) is 4.13. The largest absolute Gasteiger partial charge is 0.477 e. The molecule has 1 aliphatic heterocycles. The van der Waals surface area contributed by atoms with Crippen molar-refractivity contribution in [3.63, 3.8) is 0 Å². The number of hydrogen-bond donors (Lipinski definition) is 2. The summed E-state index contributed by atoms with van der Waals surface area (Å²) in [6.45, 7) is 12.2. The third kappa shape index (κ3) is 3.77. The molecule has 0 fully saturated rings. The van der Waals surface area contributed by atoms with Gasteiger partial charge in [-0.3, -0.25) is 4.98 Å². The second-order valence-corrected chi connectivity index (χ2v) is 8.12. The number of rotatable bonds is 5. The molecule has 0 radical (unpaired) electrons. The van der Waals surface area contributed by atoms with Gasteiger partial charge in [0.2, 0.25) is 5.88 Å². The summed E-state index contributed by atoms with van der Waals surface area (Å²) in [6, 6.07) is -0.924. The Labute approximate surface area is 163 Å². The van der Waals surface area contributed by atoms with Crippen LogP contribution in [0.2, 0.25) is 0 Å². The number of hydrogen-bond acceptors (Lipinski definition) is 6. The van der Waals surface area contributed by atoms with Gasteiger partial charge in [-0.05, 0) is 25.0 Å². The lowest BCUT2D eigenvalue weighted by atomic mass is 10.0. The van der Waals surface area contributed by atoms with Gasteiger partial charge in [0.25, 0.3) is 10.0 Å². The lowest BCUT2D eigenvalue weighted by Gasteiger charge is -2.17. The molecule has 2 aromatic rings. The first-order chi connectivity index (χ1) is 13.2. The highest BCUT2D eigenvalue weighted by atomic mass is 32.2. The monoisotopic (exact) mass is 403 g/mol. The fourth-order valence-corrected chi connectivity index (χ4v) is 3.77. The maximum Gasteiger partial charge on any atom is 0.333 e. The Bertz CT molecular complexity index is 1040. The highest BCUT2D eigenvalue weighted by Crippen LogP contribution is 2.30. The van der Waals surface area contributed by atoms with Crippen LogP contribution in [0.5, 0.6) is 5.88 Å². The van der Waals surface area contributed by atoms with Crippen molar-refractivity contribution >= 4 is 32.9 Å². The number of anilines is 1. The molecule has 0 unspecified atom stereocenters. The highest BCUT2D eigenvalue weighted by molar-refractivity contribution is 7.90. The summed E-state index contributed by atoms with van der Waals surface area (Å²) < 4.78 is 34.2. The Morgan fingerprint density at radius 3 is 2.43 bits per heavy atom. The van der Waals surface area contributed by atoms with Crippen molar-refractivity contribution < 1.29 is 17.9 Å². The summed E-state index contributed by atoms with van der Waals surface area (Å²) in [5.41, 5.74) is 2.87. The molecule has 9 nitrogen and oxygen atoms in total. The number of nitrogens with one attached hydrogen (secondary N) is 2. The Kier molecular flexibility index (Phi) is 5.23. The molecule has 10 heteroatoms. The number of allylic oxidation sites excluding steroid dienone is 2. The highest BCUT2D eigenvalue weighted by Gasteiger charge is 2.28. The second-order valence-electron chi connectivity index (χ2n) is 6.47. The van der Waals surface area contributed by atoms with E-state index in [2.05, 4.69) is 28.6 Å². The van der Waals surface area contributed by atoms with Crippen LogP contribution >= 0.6 is 0 Å². The van der Waals surface area contributed by atoms with Gasteiger partial charge < -0.3 is 10.1 Å². The number of carbonyl (C=O) groups excluding carboxylic acids is 1. The Balaban J connectivity index is 1.88. The molecule has 2 N–H and O–H groups in total. The first kappa shape index (κ1) is 19.6. The average molecular weight is 403 g/mol. The van der Waals surface area contributed by atoms with E-state index in [4.69, 9.17) is 4.74 Å². The number of nitrogens with zero attached hydrogens (tertiary/aromatic N) is 3. The van der Waals surface area contributed by atoms with E-state index in [1.807, 2.05) is 4.72 Å². The maximum atomic E-state index is 12.7. The number of ether oxygens (including phenoxy) is 1. The molecule has 0 bridgehead atoms. The van der Waals surface area contributed by atoms with Gasteiger partial charge in [0.05, 0.1) is 18.5 Å². The lowest BCUT2D eigenvalue weighted by molar-refractivity contribution is 0.224. The van der Waals surface area contributed by atoms with Crippen molar-refractivity contribution in [2.45, 2.75) is 31.7 Å². The van der Waals surface area contributed by atoms with Crippen LogP contribution < -0.4 is 14.8 Å². The normalized spacial score (nSPS) is 13.2. The van der Waals surface area contributed by atoms with E-state index in [-0.39, 0.29) is 10.8 Å². The number of carbonyl (C=O) groups is 1. The van der Waals surface area contributed by atoms with Crippen LogP contribution in [-0.2, 0) is 16.6 Å². The number of urea groups is 1. The maximum absolute atomic E-state index is 12.7. The molecule has 0 aromatic carbocycles. The van der Waals surface area contributed by atoms with Crippen LogP contribution in [0.25, 0.3) is 11.1 Å². The zero-order chi connectivity index (χ0) is 20.5. The molecule has 3 heterocycles. The molecule has 3 rings (SSSR count). The molecule has 0 saturated heterocycles. The topological polar surface area (TPSA) is 115 Å². The van der Waals surface area contributed by atoms with E-state index in [9.17, 15) is 13.2 Å². The first-order valence-electron chi connectivity index (χ1n) is 8.53.